The normalized spacial score (nSPS) is 16.0. The van der Waals surface area contributed by atoms with Crippen LogP contribution in [0.4, 0.5) is 13.2 Å². The number of hydrogen-bond donors (Lipinski definition) is 0. The molecule has 0 bridgehead atoms. The summed E-state index contributed by atoms with van der Waals surface area (Å²) in [5, 5.41) is 0. The number of esters is 1. The molecule has 0 unspecified atom stereocenters. The number of carbonyl (C=O) groups is 2. The molecular weight excluding hydrogens is 499 g/mol. The molecule has 2 aromatic carbocycles. The van der Waals surface area contributed by atoms with Crippen molar-refractivity contribution in [2.24, 2.45) is 5.92 Å². The Morgan fingerprint density at radius 1 is 1.05 bits per heavy atom. The van der Waals surface area contributed by atoms with Crippen LogP contribution in [0.15, 0.2) is 65.3 Å². The molecule has 1 amide bonds. The zero-order valence-electron chi connectivity index (χ0n) is 21.1. The largest absolute Gasteiger partial charge is 0.466 e. The van der Waals surface area contributed by atoms with E-state index in [1.54, 1.807) is 11.8 Å². The number of piperidine rings is 1. The molecule has 1 fully saturated rings. The second-order valence-corrected chi connectivity index (χ2v) is 9.29. The van der Waals surface area contributed by atoms with E-state index in [1.165, 1.54) is 18.4 Å². The molecule has 0 aliphatic carbocycles. The number of ether oxygens (including phenoxy) is 1. The number of aromatic nitrogens is 1. The highest BCUT2D eigenvalue weighted by Crippen LogP contribution is 2.29. The summed E-state index contributed by atoms with van der Waals surface area (Å²) in [6, 6.07) is 14.7. The molecule has 0 saturated carbocycles. The fraction of sp³-hybridized carbons (Fsp3) is 0.393. The molecule has 1 saturated heterocycles. The van der Waals surface area contributed by atoms with Gasteiger partial charge < -0.3 is 14.1 Å². The number of halogens is 3. The van der Waals surface area contributed by atoms with Crippen LogP contribution in [-0.4, -0.2) is 46.4 Å². The average Bonchev–Trinajstić information content (AvgIpc) is 3.37. The highest BCUT2D eigenvalue weighted by molar-refractivity contribution is 5.92. The number of amides is 1. The van der Waals surface area contributed by atoms with E-state index in [9.17, 15) is 22.8 Å². The molecular formula is C28H30F3N3O4. The van der Waals surface area contributed by atoms with Gasteiger partial charge >= 0.3 is 12.1 Å². The van der Waals surface area contributed by atoms with Crippen LogP contribution in [-0.2, 0) is 35.3 Å². The molecule has 10 heteroatoms. The molecule has 0 spiro atoms. The minimum absolute atomic E-state index is 0.152. The van der Waals surface area contributed by atoms with E-state index in [0.717, 1.165) is 17.7 Å². The summed E-state index contributed by atoms with van der Waals surface area (Å²) in [6.07, 6.45) is -1.72. The lowest BCUT2D eigenvalue weighted by Crippen LogP contribution is -2.43. The van der Waals surface area contributed by atoms with Crippen LogP contribution in [0, 0.1) is 5.92 Å². The fourth-order valence-electron chi connectivity index (χ4n) is 4.52. The van der Waals surface area contributed by atoms with Gasteiger partial charge in [0.1, 0.15) is 6.26 Å². The molecule has 3 aromatic rings. The van der Waals surface area contributed by atoms with E-state index in [-0.39, 0.29) is 36.6 Å². The van der Waals surface area contributed by atoms with Crippen LogP contribution in [0.5, 0.6) is 0 Å². The molecule has 1 aliphatic heterocycles. The maximum absolute atomic E-state index is 13.1. The van der Waals surface area contributed by atoms with Crippen molar-refractivity contribution >= 4 is 11.9 Å². The molecule has 38 heavy (non-hydrogen) atoms. The first-order valence-electron chi connectivity index (χ1n) is 12.6. The molecule has 0 N–H and O–H groups in total. The molecule has 1 atom stereocenters. The molecule has 202 valence electrons. The Kier molecular flexibility index (Phi) is 8.83. The first kappa shape index (κ1) is 27.4. The SMILES string of the molecule is CCOC(=O)[C@H]1CCCN(C(=O)c2coc(CN(Cc3ccccc3)Cc3ccc(C(F)(F)F)cc3)n2)C1. The molecule has 1 aliphatic rings. The van der Waals surface area contributed by atoms with Crippen molar-refractivity contribution in [2.45, 2.75) is 45.6 Å². The number of rotatable bonds is 9. The van der Waals surface area contributed by atoms with Gasteiger partial charge in [-0.15, -0.1) is 0 Å². The Balaban J connectivity index is 1.45. The van der Waals surface area contributed by atoms with Crippen molar-refractivity contribution in [3.63, 3.8) is 0 Å². The Morgan fingerprint density at radius 2 is 1.74 bits per heavy atom. The lowest BCUT2D eigenvalue weighted by atomic mass is 9.98. The molecule has 1 aromatic heterocycles. The van der Waals surface area contributed by atoms with Gasteiger partial charge in [-0.3, -0.25) is 14.5 Å². The lowest BCUT2D eigenvalue weighted by Gasteiger charge is -2.30. The van der Waals surface area contributed by atoms with Crippen LogP contribution in [0.3, 0.4) is 0 Å². The number of likely N-dealkylation sites (tertiary alicyclic amines) is 1. The number of oxazole rings is 1. The minimum atomic E-state index is -4.39. The third kappa shape index (κ3) is 7.22. The quantitative estimate of drug-likeness (QED) is 0.350. The van der Waals surface area contributed by atoms with E-state index in [2.05, 4.69) is 4.98 Å². The van der Waals surface area contributed by atoms with E-state index in [1.807, 2.05) is 35.2 Å². The van der Waals surface area contributed by atoms with Crippen molar-refractivity contribution in [3.05, 3.63) is 89.1 Å². The third-order valence-corrected chi connectivity index (χ3v) is 6.39. The summed E-state index contributed by atoms with van der Waals surface area (Å²) in [4.78, 5) is 33.2. The van der Waals surface area contributed by atoms with Gasteiger partial charge in [0.05, 0.1) is 24.6 Å². The van der Waals surface area contributed by atoms with Crippen LogP contribution >= 0.6 is 0 Å². The predicted molar refractivity (Wildman–Crippen MR) is 133 cm³/mol. The van der Waals surface area contributed by atoms with Crippen LogP contribution in [0.25, 0.3) is 0 Å². The third-order valence-electron chi connectivity index (χ3n) is 6.39. The molecule has 0 radical (unpaired) electrons. The topological polar surface area (TPSA) is 75.9 Å². The van der Waals surface area contributed by atoms with E-state index in [4.69, 9.17) is 9.15 Å². The van der Waals surface area contributed by atoms with Crippen molar-refractivity contribution in [1.82, 2.24) is 14.8 Å². The average molecular weight is 530 g/mol. The van der Waals surface area contributed by atoms with E-state index >= 15 is 0 Å². The summed E-state index contributed by atoms with van der Waals surface area (Å²) >= 11 is 0. The smallest absolute Gasteiger partial charge is 0.416 e. The van der Waals surface area contributed by atoms with Crippen molar-refractivity contribution in [2.75, 3.05) is 19.7 Å². The molecule has 4 rings (SSSR count). The molecule has 2 heterocycles. The van der Waals surface area contributed by atoms with Crippen molar-refractivity contribution in [1.29, 1.82) is 0 Å². The van der Waals surface area contributed by atoms with E-state index < -0.39 is 11.7 Å². The van der Waals surface area contributed by atoms with Gasteiger partial charge in [-0.1, -0.05) is 42.5 Å². The lowest BCUT2D eigenvalue weighted by molar-refractivity contribution is -0.149. The number of nitrogens with zero attached hydrogens (tertiary/aromatic N) is 3. The minimum Gasteiger partial charge on any atom is -0.466 e. The second kappa shape index (κ2) is 12.3. The Hall–Kier alpha value is -3.66. The molecule has 7 nitrogen and oxygen atoms in total. The van der Waals surface area contributed by atoms with Gasteiger partial charge in [0.25, 0.3) is 5.91 Å². The van der Waals surface area contributed by atoms with Gasteiger partial charge in [-0.05, 0) is 43.0 Å². The monoisotopic (exact) mass is 529 g/mol. The first-order valence-corrected chi connectivity index (χ1v) is 12.6. The standard InChI is InChI=1S/C28H30F3N3O4/c1-2-37-27(36)22-9-6-14-34(17-22)26(35)24-19-38-25(32-24)18-33(15-20-7-4-3-5-8-20)16-21-10-12-23(13-11-21)28(29,30)31/h3-5,7-8,10-13,19,22H,2,6,9,14-18H2,1H3/t22-/m0/s1. The van der Waals surface area contributed by atoms with Crippen molar-refractivity contribution < 1.29 is 31.9 Å². The van der Waals surface area contributed by atoms with Gasteiger partial charge in [-0.25, -0.2) is 4.98 Å². The number of carbonyl (C=O) groups excluding carboxylic acids is 2. The van der Waals surface area contributed by atoms with Crippen LogP contribution in [0.1, 0.15) is 52.8 Å². The highest BCUT2D eigenvalue weighted by atomic mass is 19.4. The van der Waals surface area contributed by atoms with Gasteiger partial charge in [0.2, 0.25) is 5.89 Å². The predicted octanol–water partition coefficient (Wildman–Crippen LogP) is 5.31. The van der Waals surface area contributed by atoms with E-state index in [0.29, 0.717) is 50.5 Å². The van der Waals surface area contributed by atoms with Crippen LogP contribution in [0.2, 0.25) is 0 Å². The van der Waals surface area contributed by atoms with Gasteiger partial charge in [0.15, 0.2) is 5.69 Å². The second-order valence-electron chi connectivity index (χ2n) is 9.29. The van der Waals surface area contributed by atoms with Crippen LogP contribution < -0.4 is 0 Å². The maximum atomic E-state index is 13.1. The zero-order valence-corrected chi connectivity index (χ0v) is 21.1. The summed E-state index contributed by atoms with van der Waals surface area (Å²) in [6.45, 7) is 3.93. The number of alkyl halides is 3. The van der Waals surface area contributed by atoms with Gasteiger partial charge in [-0.2, -0.15) is 13.2 Å². The maximum Gasteiger partial charge on any atom is 0.416 e. The summed E-state index contributed by atoms with van der Waals surface area (Å²) in [5.41, 5.74) is 1.17. The van der Waals surface area contributed by atoms with Crippen molar-refractivity contribution in [3.8, 4) is 0 Å². The first-order chi connectivity index (χ1) is 18.2. The number of hydrogen-bond acceptors (Lipinski definition) is 6. The van der Waals surface area contributed by atoms with Gasteiger partial charge in [0, 0.05) is 26.2 Å². The fourth-order valence-corrected chi connectivity index (χ4v) is 4.52. The number of benzene rings is 2. The Morgan fingerprint density at radius 3 is 2.39 bits per heavy atom. The Labute approximate surface area is 219 Å². The Bertz CT molecular complexity index is 1210. The highest BCUT2D eigenvalue weighted by Gasteiger charge is 2.31. The summed E-state index contributed by atoms with van der Waals surface area (Å²) in [7, 11) is 0. The zero-order chi connectivity index (χ0) is 27.1. The summed E-state index contributed by atoms with van der Waals surface area (Å²) < 4.78 is 49.6. The summed E-state index contributed by atoms with van der Waals surface area (Å²) in [5.74, 6) is -0.656.